The molecule has 5 heteroatoms. The minimum atomic E-state index is 0.445. The van der Waals surface area contributed by atoms with Crippen molar-refractivity contribution in [2.75, 3.05) is 13.2 Å². The lowest BCUT2D eigenvalue weighted by molar-refractivity contribution is 0.295. The van der Waals surface area contributed by atoms with Gasteiger partial charge in [0.15, 0.2) is 11.5 Å². The van der Waals surface area contributed by atoms with Gasteiger partial charge >= 0.3 is 0 Å². The molecule has 0 radical (unpaired) electrons. The molecule has 1 heterocycles. The first-order chi connectivity index (χ1) is 11.2. The molecule has 0 aliphatic rings. The van der Waals surface area contributed by atoms with Crippen molar-refractivity contribution in [3.05, 3.63) is 52.6 Å². The first-order valence-corrected chi connectivity index (χ1v) is 8.46. The standard InChI is InChI=1S/C18H17IN2O2/c1-3-9-23-17-13(19)10-12(11-16(17)22-4-2)18-20-14-7-5-6-8-15(14)21-18/h3,5-8,10-11H,1,4,9H2,2H3,(H,20,21). The Morgan fingerprint density at radius 2 is 2.09 bits per heavy atom. The van der Waals surface area contributed by atoms with E-state index in [1.807, 2.05) is 43.3 Å². The van der Waals surface area contributed by atoms with Crippen LogP contribution in [0.2, 0.25) is 0 Å². The fourth-order valence-electron chi connectivity index (χ4n) is 2.34. The second kappa shape index (κ2) is 7.04. The average molecular weight is 420 g/mol. The fourth-order valence-corrected chi connectivity index (χ4v) is 3.10. The zero-order valence-corrected chi connectivity index (χ0v) is 15.0. The lowest BCUT2D eigenvalue weighted by atomic mass is 10.2. The van der Waals surface area contributed by atoms with Gasteiger partial charge in [-0.1, -0.05) is 24.8 Å². The summed E-state index contributed by atoms with van der Waals surface area (Å²) in [5.41, 5.74) is 2.94. The zero-order valence-electron chi connectivity index (χ0n) is 12.8. The summed E-state index contributed by atoms with van der Waals surface area (Å²) in [7, 11) is 0. The maximum atomic E-state index is 5.75. The van der Waals surface area contributed by atoms with E-state index in [2.05, 4.69) is 39.1 Å². The van der Waals surface area contributed by atoms with Crippen molar-refractivity contribution in [1.82, 2.24) is 9.97 Å². The van der Waals surface area contributed by atoms with Crippen LogP contribution in [-0.4, -0.2) is 23.2 Å². The van der Waals surface area contributed by atoms with Crippen molar-refractivity contribution in [3.63, 3.8) is 0 Å². The van der Waals surface area contributed by atoms with Crippen molar-refractivity contribution in [3.8, 4) is 22.9 Å². The molecular formula is C18H17IN2O2. The summed E-state index contributed by atoms with van der Waals surface area (Å²) in [5.74, 6) is 2.28. The summed E-state index contributed by atoms with van der Waals surface area (Å²) in [6, 6.07) is 12.0. The number of hydrogen-bond donors (Lipinski definition) is 1. The van der Waals surface area contributed by atoms with Crippen LogP contribution in [0.15, 0.2) is 49.1 Å². The molecule has 2 aromatic carbocycles. The van der Waals surface area contributed by atoms with E-state index in [0.29, 0.717) is 13.2 Å². The number of halogens is 1. The number of fused-ring (bicyclic) bond motifs is 1. The highest BCUT2D eigenvalue weighted by atomic mass is 127. The van der Waals surface area contributed by atoms with E-state index >= 15 is 0 Å². The summed E-state index contributed by atoms with van der Waals surface area (Å²) in [6.07, 6.45) is 1.72. The van der Waals surface area contributed by atoms with Crippen LogP contribution in [0, 0.1) is 3.57 Å². The number of aromatic nitrogens is 2. The van der Waals surface area contributed by atoms with E-state index in [1.54, 1.807) is 6.08 Å². The number of ether oxygens (including phenoxy) is 2. The molecule has 1 N–H and O–H groups in total. The molecule has 0 fully saturated rings. The molecule has 0 aliphatic heterocycles. The van der Waals surface area contributed by atoms with Gasteiger partial charge in [-0.15, -0.1) is 0 Å². The van der Waals surface area contributed by atoms with E-state index in [1.165, 1.54) is 0 Å². The second-order valence-electron chi connectivity index (χ2n) is 4.92. The smallest absolute Gasteiger partial charge is 0.174 e. The highest BCUT2D eigenvalue weighted by Gasteiger charge is 2.14. The Labute approximate surface area is 148 Å². The van der Waals surface area contributed by atoms with Gasteiger partial charge in [0.1, 0.15) is 12.4 Å². The van der Waals surface area contributed by atoms with Gasteiger partial charge in [-0.05, 0) is 53.8 Å². The number of benzene rings is 2. The molecule has 118 valence electrons. The van der Waals surface area contributed by atoms with Crippen LogP contribution in [-0.2, 0) is 0 Å². The van der Waals surface area contributed by atoms with Gasteiger partial charge < -0.3 is 14.5 Å². The van der Waals surface area contributed by atoms with Crippen LogP contribution < -0.4 is 9.47 Å². The normalized spacial score (nSPS) is 10.7. The molecule has 0 aliphatic carbocycles. The van der Waals surface area contributed by atoms with Crippen molar-refractivity contribution >= 4 is 33.6 Å². The fraction of sp³-hybridized carbons (Fsp3) is 0.167. The van der Waals surface area contributed by atoms with Gasteiger partial charge in [0.05, 0.1) is 21.2 Å². The van der Waals surface area contributed by atoms with E-state index in [4.69, 9.17) is 9.47 Å². The van der Waals surface area contributed by atoms with Gasteiger partial charge in [0.2, 0.25) is 0 Å². The Bertz CT molecular complexity index is 809. The number of imidazole rings is 1. The van der Waals surface area contributed by atoms with Gasteiger partial charge in [-0.3, -0.25) is 0 Å². The van der Waals surface area contributed by atoms with Gasteiger partial charge in [-0.25, -0.2) is 4.98 Å². The van der Waals surface area contributed by atoms with Crippen molar-refractivity contribution in [2.24, 2.45) is 0 Å². The molecule has 23 heavy (non-hydrogen) atoms. The molecule has 0 unspecified atom stereocenters. The molecule has 0 saturated carbocycles. The molecule has 3 aromatic rings. The van der Waals surface area contributed by atoms with E-state index in [-0.39, 0.29) is 0 Å². The van der Waals surface area contributed by atoms with Crippen LogP contribution in [0.3, 0.4) is 0 Å². The quantitative estimate of drug-likeness (QED) is 0.461. The van der Waals surface area contributed by atoms with Gasteiger partial charge in [0, 0.05) is 5.56 Å². The third kappa shape index (κ3) is 3.34. The Hall–Kier alpha value is -2.02. The summed E-state index contributed by atoms with van der Waals surface area (Å²) in [6.45, 7) is 6.66. The predicted molar refractivity (Wildman–Crippen MR) is 101 cm³/mol. The first-order valence-electron chi connectivity index (χ1n) is 7.38. The number of para-hydroxylation sites is 2. The van der Waals surface area contributed by atoms with Crippen LogP contribution in [0.5, 0.6) is 11.5 Å². The highest BCUT2D eigenvalue weighted by molar-refractivity contribution is 14.1. The van der Waals surface area contributed by atoms with Crippen molar-refractivity contribution in [2.45, 2.75) is 6.92 Å². The third-order valence-corrected chi connectivity index (χ3v) is 4.12. The van der Waals surface area contributed by atoms with Gasteiger partial charge in [-0.2, -0.15) is 0 Å². The van der Waals surface area contributed by atoms with Crippen LogP contribution in [0.4, 0.5) is 0 Å². The first kappa shape index (κ1) is 15.9. The number of rotatable bonds is 6. The summed E-state index contributed by atoms with van der Waals surface area (Å²) >= 11 is 2.26. The lowest BCUT2D eigenvalue weighted by Gasteiger charge is -2.14. The summed E-state index contributed by atoms with van der Waals surface area (Å²) in [4.78, 5) is 7.99. The minimum Gasteiger partial charge on any atom is -0.490 e. The van der Waals surface area contributed by atoms with E-state index in [9.17, 15) is 0 Å². The molecule has 4 nitrogen and oxygen atoms in total. The van der Waals surface area contributed by atoms with Gasteiger partial charge in [0.25, 0.3) is 0 Å². The average Bonchev–Trinajstić information content (AvgIpc) is 2.98. The number of nitrogens with one attached hydrogen (secondary N) is 1. The summed E-state index contributed by atoms with van der Waals surface area (Å²) in [5, 5.41) is 0. The maximum Gasteiger partial charge on any atom is 0.174 e. The Kier molecular flexibility index (Phi) is 4.85. The van der Waals surface area contributed by atoms with E-state index in [0.717, 1.165) is 37.5 Å². The van der Waals surface area contributed by atoms with Crippen molar-refractivity contribution < 1.29 is 9.47 Å². The lowest BCUT2D eigenvalue weighted by Crippen LogP contribution is -2.01. The number of aromatic amines is 1. The van der Waals surface area contributed by atoms with Crippen LogP contribution >= 0.6 is 22.6 Å². The molecule has 0 atom stereocenters. The second-order valence-corrected chi connectivity index (χ2v) is 6.08. The maximum absolute atomic E-state index is 5.75. The zero-order chi connectivity index (χ0) is 16.2. The molecule has 0 saturated heterocycles. The Morgan fingerprint density at radius 1 is 1.26 bits per heavy atom. The topological polar surface area (TPSA) is 47.1 Å². The predicted octanol–water partition coefficient (Wildman–Crippen LogP) is 4.80. The molecular weight excluding hydrogens is 403 g/mol. The largest absolute Gasteiger partial charge is 0.490 e. The molecule has 3 rings (SSSR count). The summed E-state index contributed by atoms with van der Waals surface area (Å²) < 4.78 is 12.5. The number of nitrogens with zero attached hydrogens (tertiary/aromatic N) is 1. The van der Waals surface area contributed by atoms with Crippen molar-refractivity contribution in [1.29, 1.82) is 0 Å². The Balaban J connectivity index is 2.06. The molecule has 0 spiro atoms. The SMILES string of the molecule is C=CCOc1c(I)cc(-c2nc3ccccc3[nH]2)cc1OCC. The number of H-pyrrole nitrogens is 1. The molecule has 0 amide bonds. The Morgan fingerprint density at radius 3 is 2.83 bits per heavy atom. The molecule has 1 aromatic heterocycles. The van der Waals surface area contributed by atoms with Crippen LogP contribution in [0.1, 0.15) is 6.92 Å². The minimum absolute atomic E-state index is 0.445. The monoisotopic (exact) mass is 420 g/mol. The third-order valence-electron chi connectivity index (χ3n) is 3.32. The highest BCUT2D eigenvalue weighted by Crippen LogP contribution is 2.37. The van der Waals surface area contributed by atoms with E-state index < -0.39 is 0 Å². The molecule has 0 bridgehead atoms. The van der Waals surface area contributed by atoms with Crippen LogP contribution in [0.25, 0.3) is 22.4 Å². The number of hydrogen-bond acceptors (Lipinski definition) is 3.